The zero-order valence-electron chi connectivity index (χ0n) is 18.1. The molecule has 1 aromatic heterocycles. The highest BCUT2D eigenvalue weighted by Gasteiger charge is 2.18. The number of carbonyl (C=O) groups is 1. The molecule has 2 aromatic carbocycles. The van der Waals surface area contributed by atoms with Crippen LogP contribution in [0.2, 0.25) is 0 Å². The summed E-state index contributed by atoms with van der Waals surface area (Å²) in [6.45, 7) is 8.15. The molecule has 30 heavy (non-hydrogen) atoms. The molecule has 0 radical (unpaired) electrons. The van der Waals surface area contributed by atoms with E-state index in [-0.39, 0.29) is 11.9 Å². The van der Waals surface area contributed by atoms with Gasteiger partial charge in [-0.3, -0.25) is 4.79 Å². The molecule has 1 unspecified atom stereocenters. The maximum absolute atomic E-state index is 12.9. The minimum Gasteiger partial charge on any atom is -0.398 e. The Morgan fingerprint density at radius 1 is 1.23 bits per heavy atom. The van der Waals surface area contributed by atoms with Crippen LogP contribution in [-0.4, -0.2) is 37.7 Å². The van der Waals surface area contributed by atoms with E-state index < -0.39 is 0 Å². The smallest absolute Gasteiger partial charge is 0.252 e. The number of nitrogen functional groups attached to an aromatic ring is 1. The van der Waals surface area contributed by atoms with Crippen molar-refractivity contribution in [2.75, 3.05) is 37.4 Å². The molecule has 0 spiro atoms. The van der Waals surface area contributed by atoms with Crippen LogP contribution in [-0.2, 0) is 4.74 Å². The van der Waals surface area contributed by atoms with Crippen molar-refractivity contribution in [2.45, 2.75) is 26.8 Å². The first kappa shape index (κ1) is 21.6. The lowest BCUT2D eigenvalue weighted by Gasteiger charge is -2.24. The molecule has 1 atom stereocenters. The molecule has 0 aliphatic rings. The molecule has 0 bridgehead atoms. The van der Waals surface area contributed by atoms with Gasteiger partial charge in [0.1, 0.15) is 5.82 Å². The van der Waals surface area contributed by atoms with Crippen LogP contribution in [0.5, 0.6) is 0 Å². The van der Waals surface area contributed by atoms with E-state index in [9.17, 15) is 4.79 Å². The maximum Gasteiger partial charge on any atom is 0.252 e. The number of nitrogens with two attached hydrogens (primary N) is 1. The number of aromatic nitrogens is 1. The van der Waals surface area contributed by atoms with Gasteiger partial charge in [-0.1, -0.05) is 24.3 Å². The Hall–Kier alpha value is -3.12. The van der Waals surface area contributed by atoms with Crippen molar-refractivity contribution in [2.24, 2.45) is 0 Å². The minimum atomic E-state index is -0.203. The van der Waals surface area contributed by atoms with Crippen molar-refractivity contribution in [3.8, 4) is 0 Å². The molecule has 0 aliphatic carbocycles. The van der Waals surface area contributed by atoms with Crippen LogP contribution in [0.25, 0.3) is 10.9 Å². The summed E-state index contributed by atoms with van der Waals surface area (Å²) < 4.78 is 5.25. The molecule has 1 amide bonds. The highest BCUT2D eigenvalue weighted by atomic mass is 16.5. The summed E-state index contributed by atoms with van der Waals surface area (Å²) in [5.74, 6) is 0.742. The summed E-state index contributed by atoms with van der Waals surface area (Å²) in [7, 11) is 1.70. The van der Waals surface area contributed by atoms with Crippen molar-refractivity contribution in [3.05, 3.63) is 65.2 Å². The number of anilines is 2. The predicted octanol–water partition coefficient (Wildman–Crippen LogP) is 4.09. The Morgan fingerprint density at radius 2 is 2.00 bits per heavy atom. The average Bonchev–Trinajstić information content (AvgIpc) is 2.75. The van der Waals surface area contributed by atoms with Gasteiger partial charge in [-0.2, -0.15) is 0 Å². The lowest BCUT2D eigenvalue weighted by Crippen LogP contribution is -2.29. The quantitative estimate of drug-likeness (QED) is 0.551. The zero-order valence-corrected chi connectivity index (χ0v) is 18.1. The second-order valence-electron chi connectivity index (χ2n) is 7.37. The Bertz CT molecular complexity index is 1030. The van der Waals surface area contributed by atoms with Gasteiger partial charge in [-0.05, 0) is 56.2 Å². The predicted molar refractivity (Wildman–Crippen MR) is 123 cm³/mol. The molecule has 158 valence electrons. The van der Waals surface area contributed by atoms with Crippen molar-refractivity contribution in [3.63, 3.8) is 0 Å². The van der Waals surface area contributed by atoms with Crippen molar-refractivity contribution in [1.82, 2.24) is 10.3 Å². The van der Waals surface area contributed by atoms with Gasteiger partial charge in [0.2, 0.25) is 0 Å². The van der Waals surface area contributed by atoms with E-state index in [4.69, 9.17) is 15.5 Å². The summed E-state index contributed by atoms with van der Waals surface area (Å²) in [6, 6.07) is 15.3. The van der Waals surface area contributed by atoms with E-state index in [0.29, 0.717) is 17.9 Å². The fourth-order valence-corrected chi connectivity index (χ4v) is 3.60. The van der Waals surface area contributed by atoms with Gasteiger partial charge >= 0.3 is 0 Å². The van der Waals surface area contributed by atoms with Crippen LogP contribution >= 0.6 is 0 Å². The summed E-state index contributed by atoms with van der Waals surface area (Å²) in [5, 5.41) is 4.16. The van der Waals surface area contributed by atoms with Crippen LogP contribution in [0.1, 0.15) is 41.4 Å². The van der Waals surface area contributed by atoms with Gasteiger partial charge in [-0.25, -0.2) is 4.98 Å². The second kappa shape index (κ2) is 9.59. The lowest BCUT2D eigenvalue weighted by atomic mass is 10.0. The third kappa shape index (κ3) is 4.54. The largest absolute Gasteiger partial charge is 0.398 e. The van der Waals surface area contributed by atoms with Crippen molar-refractivity contribution in [1.29, 1.82) is 0 Å². The van der Waals surface area contributed by atoms with Gasteiger partial charge in [0.25, 0.3) is 5.91 Å². The molecule has 3 N–H and O–H groups in total. The van der Waals surface area contributed by atoms with Crippen molar-refractivity contribution >= 4 is 28.3 Å². The molecular formula is C24H30N4O2. The number of nitrogens with zero attached hydrogens (tertiary/aromatic N) is 2. The number of hydrogen-bond acceptors (Lipinski definition) is 5. The van der Waals surface area contributed by atoms with E-state index in [1.165, 1.54) is 0 Å². The number of carbonyl (C=O) groups excluding carboxylic acids is 1. The molecule has 3 rings (SSSR count). The number of methoxy groups -OCH3 is 1. The van der Waals surface area contributed by atoms with E-state index in [0.717, 1.165) is 40.9 Å². The van der Waals surface area contributed by atoms with Crippen LogP contribution in [0.3, 0.4) is 0 Å². The molecular weight excluding hydrogens is 376 g/mol. The third-order valence-corrected chi connectivity index (χ3v) is 5.44. The van der Waals surface area contributed by atoms with Crippen LogP contribution in [0.4, 0.5) is 11.5 Å². The molecule has 3 aromatic rings. The fraction of sp³-hybridized carbons (Fsp3) is 0.333. The first-order valence-corrected chi connectivity index (χ1v) is 10.3. The number of hydrogen-bond donors (Lipinski definition) is 2. The number of likely N-dealkylation sites (N-methyl/N-ethyl adjacent to an activating group) is 1. The number of nitrogens with one attached hydrogen (secondary N) is 1. The van der Waals surface area contributed by atoms with Gasteiger partial charge < -0.3 is 20.7 Å². The van der Waals surface area contributed by atoms with E-state index in [1.807, 2.05) is 38.1 Å². The first-order valence-electron chi connectivity index (χ1n) is 10.3. The summed E-state index contributed by atoms with van der Waals surface area (Å²) in [6.07, 6.45) is 0. The monoisotopic (exact) mass is 406 g/mol. The number of rotatable bonds is 8. The van der Waals surface area contributed by atoms with Crippen LogP contribution in [0.15, 0.2) is 48.5 Å². The number of ether oxygens (including phenoxy) is 1. The van der Waals surface area contributed by atoms with Gasteiger partial charge in [0.15, 0.2) is 0 Å². The van der Waals surface area contributed by atoms with E-state index in [1.54, 1.807) is 25.3 Å². The molecule has 0 saturated carbocycles. The first-order chi connectivity index (χ1) is 14.5. The fourth-order valence-electron chi connectivity index (χ4n) is 3.60. The lowest BCUT2D eigenvalue weighted by molar-refractivity contribution is 0.0939. The standard InChI is InChI=1S/C24H30N4O2/c1-5-28(13-14-30-4)23-15-20(19-9-6-7-12-22(19)27-23)17(3)26-24(29)18-10-8-11-21(25)16(18)2/h6-12,15,17H,5,13-14,25H2,1-4H3,(H,26,29). The molecule has 1 heterocycles. The number of para-hydroxylation sites is 1. The molecule has 6 nitrogen and oxygen atoms in total. The molecule has 0 saturated heterocycles. The Kier molecular flexibility index (Phi) is 6.90. The SMILES string of the molecule is CCN(CCOC)c1cc(C(C)NC(=O)c2cccc(N)c2C)c2ccccc2n1. The second-order valence-corrected chi connectivity index (χ2v) is 7.37. The number of fused-ring (bicyclic) bond motifs is 1. The van der Waals surface area contributed by atoms with E-state index in [2.05, 4.69) is 23.2 Å². The highest BCUT2D eigenvalue weighted by molar-refractivity contribution is 5.97. The van der Waals surface area contributed by atoms with Gasteiger partial charge in [-0.15, -0.1) is 0 Å². The number of benzene rings is 2. The van der Waals surface area contributed by atoms with E-state index >= 15 is 0 Å². The van der Waals surface area contributed by atoms with Crippen LogP contribution in [0, 0.1) is 6.92 Å². The highest BCUT2D eigenvalue weighted by Crippen LogP contribution is 2.28. The maximum atomic E-state index is 12.9. The topological polar surface area (TPSA) is 80.5 Å². The molecule has 0 fully saturated rings. The van der Waals surface area contributed by atoms with Gasteiger partial charge in [0, 0.05) is 36.8 Å². The van der Waals surface area contributed by atoms with Crippen molar-refractivity contribution < 1.29 is 9.53 Å². The number of pyridine rings is 1. The summed E-state index contributed by atoms with van der Waals surface area (Å²) in [5.41, 5.74) is 9.91. The summed E-state index contributed by atoms with van der Waals surface area (Å²) in [4.78, 5) is 20.0. The Morgan fingerprint density at radius 3 is 2.73 bits per heavy atom. The number of amides is 1. The Labute approximate surface area is 178 Å². The minimum absolute atomic E-state index is 0.138. The molecule has 0 aliphatic heterocycles. The average molecular weight is 407 g/mol. The normalized spacial score (nSPS) is 12.0. The molecule has 6 heteroatoms. The zero-order chi connectivity index (χ0) is 21.7. The summed E-state index contributed by atoms with van der Waals surface area (Å²) >= 11 is 0. The Balaban J connectivity index is 1.96. The third-order valence-electron chi connectivity index (χ3n) is 5.44. The van der Waals surface area contributed by atoms with Gasteiger partial charge in [0.05, 0.1) is 18.2 Å². The van der Waals surface area contributed by atoms with Crippen LogP contribution < -0.4 is 16.0 Å².